The molecule has 1 saturated carbocycles. The molecule has 1 aliphatic carbocycles. The highest BCUT2D eigenvalue weighted by molar-refractivity contribution is 6.30. The van der Waals surface area contributed by atoms with Crippen LogP contribution in [0.2, 0.25) is 5.02 Å². The summed E-state index contributed by atoms with van der Waals surface area (Å²) in [6, 6.07) is 11.1. The van der Waals surface area contributed by atoms with Crippen LogP contribution in [0.15, 0.2) is 47.7 Å². The quantitative estimate of drug-likeness (QED) is 0.752. The Balaban J connectivity index is 1.99. The molecule has 1 aromatic heterocycles. The number of fused-ring (bicyclic) bond motifs is 2. The molecule has 0 radical (unpaired) electrons. The predicted molar refractivity (Wildman–Crippen MR) is 101 cm³/mol. The molecule has 1 spiro atoms. The molecule has 0 atom stereocenters. The predicted octanol–water partition coefficient (Wildman–Crippen LogP) is 5.07. The van der Waals surface area contributed by atoms with Crippen LogP contribution in [0, 0.1) is 0 Å². The van der Waals surface area contributed by atoms with Gasteiger partial charge in [-0.1, -0.05) is 43.0 Å². The summed E-state index contributed by atoms with van der Waals surface area (Å²) >= 11 is 6.01. The summed E-state index contributed by atoms with van der Waals surface area (Å²) in [5.41, 5.74) is 1.49. The first-order valence-electron chi connectivity index (χ1n) is 8.93. The minimum atomic E-state index is -0.721. The van der Waals surface area contributed by atoms with E-state index in [1.54, 1.807) is 6.07 Å². The van der Waals surface area contributed by atoms with E-state index in [0.717, 1.165) is 30.5 Å². The second-order valence-electron chi connectivity index (χ2n) is 7.15. The number of aliphatic hydroxyl groups excluding tert-OH is 1. The number of rotatable bonds is 2. The Morgan fingerprint density at radius 3 is 2.27 bits per heavy atom. The van der Waals surface area contributed by atoms with Gasteiger partial charge in [0.15, 0.2) is 5.78 Å². The molecule has 4 rings (SSSR count). The van der Waals surface area contributed by atoms with Crippen LogP contribution in [0.1, 0.15) is 49.5 Å². The number of hydrogen-bond donors (Lipinski definition) is 1. The van der Waals surface area contributed by atoms with E-state index in [0.29, 0.717) is 23.6 Å². The molecule has 0 saturated heterocycles. The fraction of sp³-hybridized carbons (Fsp3) is 0.333. The summed E-state index contributed by atoms with van der Waals surface area (Å²) in [6.45, 7) is 1.35. The maximum absolute atomic E-state index is 12.9. The molecule has 4 nitrogen and oxygen atoms in total. The van der Waals surface area contributed by atoms with Gasteiger partial charge in [0.05, 0.1) is 5.69 Å². The second-order valence-corrected chi connectivity index (χ2v) is 7.58. The standard InChI is InChI=1S/C21H20ClNO3/c1-13(24)18-19(25)17-10-9-16(14-5-7-15(22)8-6-14)23(17)21(20(18)26)11-3-2-4-12-21/h5-10,26H,2-4,11-12H2,1H3. The monoisotopic (exact) mass is 369 g/mol. The Morgan fingerprint density at radius 2 is 1.65 bits per heavy atom. The highest BCUT2D eigenvalue weighted by Crippen LogP contribution is 2.48. The van der Waals surface area contributed by atoms with Gasteiger partial charge in [0.1, 0.15) is 16.9 Å². The van der Waals surface area contributed by atoms with E-state index in [-0.39, 0.29) is 17.1 Å². The van der Waals surface area contributed by atoms with Crippen molar-refractivity contribution in [3.05, 3.63) is 58.4 Å². The largest absolute Gasteiger partial charge is 0.509 e. The maximum atomic E-state index is 12.9. The summed E-state index contributed by atoms with van der Waals surface area (Å²) in [5, 5.41) is 11.7. The molecule has 0 amide bonds. The van der Waals surface area contributed by atoms with Gasteiger partial charge in [-0.15, -0.1) is 0 Å². The SMILES string of the molecule is CC(=O)C1=C(O)C2(CCCCC2)n2c(ccc2-c2ccc(Cl)cc2)C1=O. The summed E-state index contributed by atoms with van der Waals surface area (Å²) in [6.07, 6.45) is 4.41. The Hall–Kier alpha value is -2.33. The van der Waals surface area contributed by atoms with Gasteiger partial charge in [-0.25, -0.2) is 0 Å². The number of hydrogen-bond acceptors (Lipinski definition) is 3. The van der Waals surface area contributed by atoms with Gasteiger partial charge in [-0.3, -0.25) is 9.59 Å². The Morgan fingerprint density at radius 1 is 1.04 bits per heavy atom. The number of aromatic nitrogens is 1. The number of carbonyl (C=O) groups is 2. The highest BCUT2D eigenvalue weighted by atomic mass is 35.5. The van der Waals surface area contributed by atoms with Gasteiger partial charge in [0, 0.05) is 10.7 Å². The number of benzene rings is 1. The van der Waals surface area contributed by atoms with Crippen LogP contribution in [0.4, 0.5) is 0 Å². The van der Waals surface area contributed by atoms with Crippen LogP contribution in [-0.4, -0.2) is 21.2 Å². The first-order valence-corrected chi connectivity index (χ1v) is 9.31. The zero-order valence-corrected chi connectivity index (χ0v) is 15.3. The van der Waals surface area contributed by atoms with Gasteiger partial charge in [-0.2, -0.15) is 0 Å². The first-order chi connectivity index (χ1) is 12.5. The second kappa shape index (κ2) is 6.13. The number of nitrogens with zero attached hydrogens (tertiary/aromatic N) is 1. The smallest absolute Gasteiger partial charge is 0.216 e. The molecule has 1 aliphatic heterocycles. The lowest BCUT2D eigenvalue weighted by atomic mass is 9.75. The average molecular weight is 370 g/mol. The van der Waals surface area contributed by atoms with E-state index >= 15 is 0 Å². The highest BCUT2D eigenvalue weighted by Gasteiger charge is 2.48. The molecule has 1 N–H and O–H groups in total. The third-order valence-corrected chi connectivity index (χ3v) is 5.87. The molecule has 0 bridgehead atoms. The van der Waals surface area contributed by atoms with Gasteiger partial charge in [-0.05, 0) is 49.6 Å². The van der Waals surface area contributed by atoms with Crippen molar-refractivity contribution in [2.24, 2.45) is 0 Å². The summed E-state index contributed by atoms with van der Waals surface area (Å²) in [4.78, 5) is 25.0. The molecule has 0 unspecified atom stereocenters. The van der Waals surface area contributed by atoms with E-state index in [1.165, 1.54) is 6.92 Å². The van der Waals surface area contributed by atoms with Crippen molar-refractivity contribution >= 4 is 23.2 Å². The molecule has 2 heterocycles. The molecular formula is C21H20ClNO3. The number of Topliss-reactive ketones (excluding diaryl/α,β-unsaturated/α-hetero) is 2. The van der Waals surface area contributed by atoms with Gasteiger partial charge in [0.25, 0.3) is 0 Å². The number of ketones is 2. The number of aliphatic hydroxyl groups is 1. The maximum Gasteiger partial charge on any atom is 0.216 e. The summed E-state index contributed by atoms with van der Waals surface area (Å²) < 4.78 is 1.96. The zero-order chi connectivity index (χ0) is 18.5. The van der Waals surface area contributed by atoms with E-state index < -0.39 is 11.3 Å². The summed E-state index contributed by atoms with van der Waals surface area (Å²) in [7, 11) is 0. The normalized spacial score (nSPS) is 18.9. The van der Waals surface area contributed by atoms with Crippen LogP contribution in [0.5, 0.6) is 0 Å². The van der Waals surface area contributed by atoms with Gasteiger partial charge < -0.3 is 9.67 Å². The van der Waals surface area contributed by atoms with E-state index in [2.05, 4.69) is 0 Å². The van der Waals surface area contributed by atoms with Crippen molar-refractivity contribution in [2.45, 2.75) is 44.6 Å². The molecule has 26 heavy (non-hydrogen) atoms. The van der Waals surface area contributed by atoms with Crippen molar-refractivity contribution in [2.75, 3.05) is 0 Å². The van der Waals surface area contributed by atoms with Gasteiger partial charge in [0.2, 0.25) is 5.78 Å². The third-order valence-electron chi connectivity index (χ3n) is 5.62. The van der Waals surface area contributed by atoms with E-state index in [9.17, 15) is 14.7 Å². The minimum Gasteiger partial charge on any atom is -0.509 e. The third kappa shape index (κ3) is 2.36. The topological polar surface area (TPSA) is 59.3 Å². The van der Waals surface area contributed by atoms with Crippen molar-refractivity contribution in [1.82, 2.24) is 4.57 Å². The van der Waals surface area contributed by atoms with Crippen molar-refractivity contribution in [3.8, 4) is 11.3 Å². The molecular weight excluding hydrogens is 350 g/mol. The van der Waals surface area contributed by atoms with Gasteiger partial charge >= 0.3 is 0 Å². The number of carbonyl (C=O) groups excluding carboxylic acids is 2. The lowest BCUT2D eigenvalue weighted by molar-refractivity contribution is -0.113. The van der Waals surface area contributed by atoms with Crippen LogP contribution in [0.25, 0.3) is 11.3 Å². The fourth-order valence-electron chi connectivity index (χ4n) is 4.42. The molecule has 5 heteroatoms. The Kier molecular flexibility index (Phi) is 4.03. The van der Waals surface area contributed by atoms with Crippen LogP contribution >= 0.6 is 11.6 Å². The summed E-state index contributed by atoms with van der Waals surface area (Å²) in [5.74, 6) is -0.835. The molecule has 134 valence electrons. The Bertz CT molecular complexity index is 931. The molecule has 1 aromatic carbocycles. The number of allylic oxidation sites excluding steroid dienone is 2. The zero-order valence-electron chi connectivity index (χ0n) is 14.6. The van der Waals surface area contributed by atoms with Crippen molar-refractivity contribution < 1.29 is 14.7 Å². The van der Waals surface area contributed by atoms with Crippen LogP contribution < -0.4 is 0 Å². The van der Waals surface area contributed by atoms with Crippen molar-refractivity contribution in [3.63, 3.8) is 0 Å². The lowest BCUT2D eigenvalue weighted by Gasteiger charge is -2.43. The van der Waals surface area contributed by atoms with E-state index in [4.69, 9.17) is 11.6 Å². The minimum absolute atomic E-state index is 0.0554. The molecule has 2 aliphatic rings. The lowest BCUT2D eigenvalue weighted by Crippen LogP contribution is -2.45. The number of halogens is 1. The first kappa shape index (κ1) is 17.1. The molecule has 2 aromatic rings. The van der Waals surface area contributed by atoms with Crippen LogP contribution in [0.3, 0.4) is 0 Å². The van der Waals surface area contributed by atoms with Crippen LogP contribution in [-0.2, 0) is 10.3 Å². The van der Waals surface area contributed by atoms with E-state index in [1.807, 2.05) is 34.9 Å². The fourth-order valence-corrected chi connectivity index (χ4v) is 4.54. The molecule has 1 fully saturated rings. The average Bonchev–Trinajstić information content (AvgIpc) is 3.08. The Labute approximate surface area is 157 Å². The van der Waals surface area contributed by atoms with Crippen molar-refractivity contribution in [1.29, 1.82) is 0 Å².